The van der Waals surface area contributed by atoms with Crippen molar-refractivity contribution in [2.24, 2.45) is 0 Å². The number of likely N-dealkylation sites (N-methyl/N-ethyl adjacent to an activating group) is 1. The molecule has 1 saturated heterocycles. The quantitative estimate of drug-likeness (QED) is 0.528. The molecule has 2 heterocycles. The van der Waals surface area contributed by atoms with Crippen LogP contribution in [-0.4, -0.2) is 55.2 Å². The summed E-state index contributed by atoms with van der Waals surface area (Å²) in [6.07, 6.45) is 3.80. The Balaban J connectivity index is 1.25. The van der Waals surface area contributed by atoms with E-state index >= 15 is 0 Å². The summed E-state index contributed by atoms with van der Waals surface area (Å²) in [5, 5.41) is 3.82. The Bertz CT molecular complexity index is 1000. The summed E-state index contributed by atoms with van der Waals surface area (Å²) in [7, 11) is 2.15. The van der Waals surface area contributed by atoms with Crippen LogP contribution in [0.25, 0.3) is 10.6 Å². The predicted molar refractivity (Wildman–Crippen MR) is 127 cm³/mol. The number of thiazole rings is 1. The minimum Gasteiger partial charge on any atom is -0.492 e. The highest BCUT2D eigenvalue weighted by Crippen LogP contribution is 2.24. The second kappa shape index (κ2) is 11.2. The molecule has 6 nitrogen and oxygen atoms in total. The maximum atomic E-state index is 12.6. The molecule has 1 N–H and O–H groups in total. The van der Waals surface area contributed by atoms with Crippen LogP contribution in [0.15, 0.2) is 60.8 Å². The lowest BCUT2D eigenvalue weighted by atomic mass is 10.1. The molecule has 0 radical (unpaired) electrons. The van der Waals surface area contributed by atoms with Gasteiger partial charge in [0.15, 0.2) is 0 Å². The minimum absolute atomic E-state index is 0.117. The van der Waals surface area contributed by atoms with Crippen LogP contribution in [0.1, 0.15) is 28.1 Å². The first-order chi connectivity index (χ1) is 15.7. The number of nitrogens with zero attached hydrogens (tertiary/aromatic N) is 2. The molecule has 0 spiro atoms. The summed E-state index contributed by atoms with van der Waals surface area (Å²) in [5.41, 5.74) is 2.02. The molecule has 2 aromatic carbocycles. The molecule has 3 aromatic rings. The molecule has 1 amide bonds. The van der Waals surface area contributed by atoms with Crippen LogP contribution >= 0.6 is 11.3 Å². The van der Waals surface area contributed by atoms with E-state index < -0.39 is 0 Å². The van der Waals surface area contributed by atoms with Crippen molar-refractivity contribution in [3.05, 3.63) is 71.2 Å². The molecule has 0 bridgehead atoms. The van der Waals surface area contributed by atoms with Crippen molar-refractivity contribution < 1.29 is 14.3 Å². The molecule has 0 saturated carbocycles. The average Bonchev–Trinajstić information content (AvgIpc) is 3.34. The van der Waals surface area contributed by atoms with E-state index in [1.165, 1.54) is 11.3 Å². The molecular formula is C25H29N3O3S. The van der Waals surface area contributed by atoms with Gasteiger partial charge in [-0.25, -0.2) is 4.98 Å². The molecule has 1 aliphatic heterocycles. The third kappa shape index (κ3) is 6.16. The molecule has 32 heavy (non-hydrogen) atoms. The van der Waals surface area contributed by atoms with Gasteiger partial charge in [-0.05, 0) is 37.6 Å². The lowest BCUT2D eigenvalue weighted by Crippen LogP contribution is -2.38. The molecule has 1 aromatic heterocycles. The summed E-state index contributed by atoms with van der Waals surface area (Å²) < 4.78 is 11.4. The fourth-order valence-electron chi connectivity index (χ4n) is 3.72. The second-order valence-electron chi connectivity index (χ2n) is 7.90. The number of hydrogen-bond donors (Lipinski definition) is 1. The van der Waals surface area contributed by atoms with E-state index in [-0.39, 0.29) is 5.91 Å². The van der Waals surface area contributed by atoms with Crippen LogP contribution in [0.2, 0.25) is 0 Å². The number of nitrogens with one attached hydrogen (secondary N) is 1. The topological polar surface area (TPSA) is 63.7 Å². The van der Waals surface area contributed by atoms with Crippen molar-refractivity contribution in [2.75, 3.05) is 33.4 Å². The fourth-order valence-corrected chi connectivity index (χ4v) is 4.56. The Morgan fingerprint density at radius 3 is 2.81 bits per heavy atom. The first kappa shape index (κ1) is 22.5. The highest BCUT2D eigenvalue weighted by atomic mass is 32.1. The van der Waals surface area contributed by atoms with Crippen LogP contribution in [0, 0.1) is 0 Å². The van der Waals surface area contributed by atoms with Gasteiger partial charge in [0.1, 0.15) is 22.2 Å². The van der Waals surface area contributed by atoms with E-state index in [9.17, 15) is 4.79 Å². The Hall–Kier alpha value is -2.74. The van der Waals surface area contributed by atoms with Gasteiger partial charge in [-0.1, -0.05) is 42.5 Å². The molecule has 0 unspecified atom stereocenters. The lowest BCUT2D eigenvalue weighted by molar-refractivity contribution is 0.0392. The van der Waals surface area contributed by atoms with E-state index in [2.05, 4.69) is 22.2 Å². The molecular weight excluding hydrogens is 422 g/mol. The minimum atomic E-state index is -0.117. The van der Waals surface area contributed by atoms with E-state index in [0.717, 1.165) is 54.5 Å². The molecule has 4 rings (SSSR count). The number of rotatable bonds is 9. The van der Waals surface area contributed by atoms with Crippen LogP contribution in [0.3, 0.4) is 0 Å². The van der Waals surface area contributed by atoms with Crippen molar-refractivity contribution in [2.45, 2.75) is 25.4 Å². The van der Waals surface area contributed by atoms with Crippen molar-refractivity contribution in [3.8, 4) is 16.3 Å². The zero-order chi connectivity index (χ0) is 22.2. The number of carbonyl (C=O) groups excluding carboxylic acids is 1. The van der Waals surface area contributed by atoms with Crippen LogP contribution in [-0.2, 0) is 11.3 Å². The van der Waals surface area contributed by atoms with E-state index in [1.54, 1.807) is 6.20 Å². The number of amides is 1. The molecule has 7 heteroatoms. The van der Waals surface area contributed by atoms with Crippen LogP contribution in [0.5, 0.6) is 5.75 Å². The highest BCUT2D eigenvalue weighted by Gasteiger charge is 2.18. The third-order valence-electron chi connectivity index (χ3n) is 5.63. The third-order valence-corrected chi connectivity index (χ3v) is 6.67. The summed E-state index contributed by atoms with van der Waals surface area (Å²) in [6, 6.07) is 18.3. The first-order valence-electron chi connectivity index (χ1n) is 11.0. The van der Waals surface area contributed by atoms with Gasteiger partial charge in [0.05, 0.1) is 6.20 Å². The van der Waals surface area contributed by atoms with Gasteiger partial charge in [-0.3, -0.25) is 9.69 Å². The van der Waals surface area contributed by atoms with E-state index in [4.69, 9.17) is 9.47 Å². The van der Waals surface area contributed by atoms with Gasteiger partial charge >= 0.3 is 0 Å². The van der Waals surface area contributed by atoms with Gasteiger partial charge in [-0.15, -0.1) is 11.3 Å². The summed E-state index contributed by atoms with van der Waals surface area (Å²) in [6.45, 7) is 3.64. The second-order valence-corrected chi connectivity index (χ2v) is 8.93. The maximum Gasteiger partial charge on any atom is 0.263 e. The molecule has 0 atom stereocenters. The average molecular weight is 452 g/mol. The summed E-state index contributed by atoms with van der Waals surface area (Å²) in [5.74, 6) is 0.704. The van der Waals surface area contributed by atoms with E-state index in [0.29, 0.717) is 24.1 Å². The lowest BCUT2D eigenvalue weighted by Gasteiger charge is -2.31. The smallest absolute Gasteiger partial charge is 0.263 e. The Kier molecular flexibility index (Phi) is 7.87. The van der Waals surface area contributed by atoms with Crippen molar-refractivity contribution >= 4 is 17.2 Å². The van der Waals surface area contributed by atoms with Crippen LogP contribution < -0.4 is 10.1 Å². The Labute approximate surface area is 193 Å². The van der Waals surface area contributed by atoms with Crippen LogP contribution in [0.4, 0.5) is 0 Å². The van der Waals surface area contributed by atoms with Gasteiger partial charge in [0, 0.05) is 37.9 Å². The van der Waals surface area contributed by atoms with Gasteiger partial charge < -0.3 is 14.8 Å². The number of aromatic nitrogens is 1. The monoisotopic (exact) mass is 451 g/mol. The van der Waals surface area contributed by atoms with Gasteiger partial charge in [0.2, 0.25) is 0 Å². The number of hydrogen-bond acceptors (Lipinski definition) is 6. The Morgan fingerprint density at radius 1 is 1.19 bits per heavy atom. The van der Waals surface area contributed by atoms with E-state index in [1.807, 2.05) is 54.6 Å². The largest absolute Gasteiger partial charge is 0.492 e. The molecule has 168 valence electrons. The zero-order valence-corrected chi connectivity index (χ0v) is 19.1. The Morgan fingerprint density at radius 2 is 2.00 bits per heavy atom. The van der Waals surface area contributed by atoms with Crippen molar-refractivity contribution in [3.63, 3.8) is 0 Å². The molecule has 0 aliphatic carbocycles. The molecule has 1 fully saturated rings. The summed E-state index contributed by atoms with van der Waals surface area (Å²) >= 11 is 1.40. The molecule has 1 aliphatic rings. The SMILES string of the molecule is CN(CCOc1cccc(CNC(=O)c2cnc(-c3ccccc3)s2)c1)C1CCOCC1. The fraction of sp³-hybridized carbons (Fsp3) is 0.360. The summed E-state index contributed by atoms with van der Waals surface area (Å²) in [4.78, 5) is 19.9. The van der Waals surface area contributed by atoms with Gasteiger partial charge in [0.25, 0.3) is 5.91 Å². The maximum absolute atomic E-state index is 12.6. The first-order valence-corrected chi connectivity index (χ1v) is 11.8. The number of carbonyl (C=O) groups is 1. The number of benzene rings is 2. The zero-order valence-electron chi connectivity index (χ0n) is 18.3. The van der Waals surface area contributed by atoms with Gasteiger partial charge in [-0.2, -0.15) is 0 Å². The standard InChI is InChI=1S/C25H29N3O3S/c1-28(21-10-13-30-14-11-21)12-15-31-22-9-5-6-19(16-22)17-26-24(29)23-18-27-25(32-23)20-7-3-2-4-8-20/h2-9,16,18,21H,10-15,17H2,1H3,(H,26,29). The van der Waals surface area contributed by atoms with Crippen molar-refractivity contribution in [1.29, 1.82) is 0 Å². The predicted octanol–water partition coefficient (Wildman–Crippen LogP) is 4.23. The highest BCUT2D eigenvalue weighted by molar-refractivity contribution is 7.16. The normalized spacial score (nSPS) is 14.4. The van der Waals surface area contributed by atoms with Crippen molar-refractivity contribution in [1.82, 2.24) is 15.2 Å². The number of ether oxygens (including phenoxy) is 2.